The van der Waals surface area contributed by atoms with Gasteiger partial charge in [0, 0.05) is 37.1 Å². The smallest absolute Gasteiger partial charge is 0.329 e. The summed E-state index contributed by atoms with van der Waals surface area (Å²) in [5, 5.41) is 9.87. The van der Waals surface area contributed by atoms with Gasteiger partial charge >= 0.3 is 5.69 Å². The number of aromatic amines is 1. The summed E-state index contributed by atoms with van der Waals surface area (Å²) in [4.78, 5) is 55.1. The number of piperidine rings is 1. The minimum atomic E-state index is -1.08. The predicted octanol–water partition coefficient (Wildman–Crippen LogP) is 0.822. The van der Waals surface area contributed by atoms with Crippen LogP contribution in [0.1, 0.15) is 25.8 Å². The molecule has 4 aromatic rings. The highest BCUT2D eigenvalue weighted by Crippen LogP contribution is 2.29. The average molecular weight is 461 g/mol. The number of nitrogens with zero attached hydrogens (tertiary/aromatic N) is 5. The molecule has 1 atom stereocenters. The second-order valence-electron chi connectivity index (χ2n) is 8.42. The zero-order chi connectivity index (χ0) is 24.0. The van der Waals surface area contributed by atoms with E-state index in [2.05, 4.69) is 15.0 Å². The average Bonchev–Trinajstić information content (AvgIpc) is 2.84. The van der Waals surface area contributed by atoms with Crippen LogP contribution in [0.25, 0.3) is 33.2 Å². The maximum Gasteiger partial charge on any atom is 0.329 e. The Morgan fingerprint density at radius 1 is 1.15 bits per heavy atom. The zero-order valence-corrected chi connectivity index (χ0v) is 18.4. The summed E-state index contributed by atoms with van der Waals surface area (Å²) >= 11 is 0. The van der Waals surface area contributed by atoms with Gasteiger partial charge < -0.3 is 15.7 Å². The van der Waals surface area contributed by atoms with Crippen molar-refractivity contribution in [3.63, 3.8) is 0 Å². The van der Waals surface area contributed by atoms with E-state index in [0.717, 1.165) is 5.56 Å². The van der Waals surface area contributed by atoms with Crippen molar-refractivity contribution < 1.29 is 9.90 Å². The maximum absolute atomic E-state index is 13.0. The number of hydrogen-bond donors (Lipinski definition) is 3. The van der Waals surface area contributed by atoms with Crippen LogP contribution in [0.4, 0.5) is 5.82 Å². The van der Waals surface area contributed by atoms with E-state index in [1.54, 1.807) is 39.9 Å². The number of H-pyrrole nitrogens is 1. The molecule has 1 fully saturated rings. The minimum absolute atomic E-state index is 0.259. The molecule has 1 aliphatic heterocycles. The van der Waals surface area contributed by atoms with Crippen LogP contribution in [0.5, 0.6) is 0 Å². The Labute approximate surface area is 192 Å². The fourth-order valence-corrected chi connectivity index (χ4v) is 4.46. The van der Waals surface area contributed by atoms with Crippen LogP contribution < -0.4 is 17.0 Å². The molecule has 1 amide bonds. The third-order valence-corrected chi connectivity index (χ3v) is 6.19. The molecular weight excluding hydrogens is 438 g/mol. The Bertz CT molecular complexity index is 1520. The summed E-state index contributed by atoms with van der Waals surface area (Å²) < 4.78 is 1.56. The number of pyridine rings is 3. The van der Waals surface area contributed by atoms with Crippen molar-refractivity contribution in [2.45, 2.75) is 31.9 Å². The summed E-state index contributed by atoms with van der Waals surface area (Å²) in [6.07, 6.45) is 2.96. The van der Waals surface area contributed by atoms with E-state index in [0.29, 0.717) is 54.0 Å². The number of fused-ring (bicyclic) bond motifs is 3. The normalized spacial score (nSPS) is 15.6. The van der Waals surface area contributed by atoms with Gasteiger partial charge in [-0.05, 0) is 44.0 Å². The third-order valence-electron chi connectivity index (χ3n) is 6.19. The molecule has 4 aromatic heterocycles. The van der Waals surface area contributed by atoms with Crippen LogP contribution in [0, 0.1) is 0 Å². The van der Waals surface area contributed by atoms with Crippen LogP contribution in [0.3, 0.4) is 0 Å². The molecule has 0 saturated carbocycles. The molecular formula is C23H23N7O4. The molecule has 1 saturated heterocycles. The molecule has 0 spiro atoms. The van der Waals surface area contributed by atoms with Gasteiger partial charge in [0.05, 0.1) is 22.1 Å². The number of nitrogen functional groups attached to an aromatic ring is 1. The molecule has 11 heteroatoms. The van der Waals surface area contributed by atoms with Crippen LogP contribution in [-0.2, 0) is 4.79 Å². The van der Waals surface area contributed by atoms with Crippen LogP contribution in [-0.4, -0.2) is 59.6 Å². The van der Waals surface area contributed by atoms with Crippen molar-refractivity contribution in [3.05, 3.63) is 57.5 Å². The van der Waals surface area contributed by atoms with E-state index in [1.165, 1.54) is 13.1 Å². The summed E-state index contributed by atoms with van der Waals surface area (Å²) in [5.41, 5.74) is 7.34. The lowest BCUT2D eigenvalue weighted by molar-refractivity contribution is -0.140. The SMILES string of the molecule is C[C@H](O)C(=O)N1CCC(n2c(=O)[nH]c(=O)c3cnc4ccc(-c5ccc(N)nc5)nc4c32)CC1. The van der Waals surface area contributed by atoms with Crippen LogP contribution in [0.15, 0.2) is 46.2 Å². The molecule has 4 N–H and O–H groups in total. The third kappa shape index (κ3) is 3.69. The number of likely N-dealkylation sites (tertiary alicyclic amines) is 1. The maximum atomic E-state index is 13.0. The summed E-state index contributed by atoms with van der Waals surface area (Å²) in [7, 11) is 0. The molecule has 11 nitrogen and oxygen atoms in total. The standard InChI is InChI=1S/C23H23N7O4/c1-12(31)22(33)29-8-6-14(7-9-29)30-20-15(21(32)28-23(30)34)11-25-17-4-3-16(27-19(17)20)13-2-5-18(24)26-10-13/h2-5,10-12,14,31H,6-9H2,1H3,(H2,24,26)(H,28,32,34)/t12-/m0/s1. The topological polar surface area (TPSA) is 160 Å². The number of aliphatic hydroxyl groups is 1. The second-order valence-corrected chi connectivity index (χ2v) is 8.42. The zero-order valence-electron chi connectivity index (χ0n) is 18.4. The largest absolute Gasteiger partial charge is 0.384 e. The molecule has 0 aliphatic carbocycles. The number of amides is 1. The Morgan fingerprint density at radius 2 is 1.91 bits per heavy atom. The van der Waals surface area contributed by atoms with Crippen LogP contribution in [0.2, 0.25) is 0 Å². The van der Waals surface area contributed by atoms with E-state index >= 15 is 0 Å². The van der Waals surface area contributed by atoms with Gasteiger partial charge in [0.1, 0.15) is 17.4 Å². The number of nitrogens with one attached hydrogen (secondary N) is 1. The number of carbonyl (C=O) groups is 1. The molecule has 0 unspecified atom stereocenters. The minimum Gasteiger partial charge on any atom is -0.384 e. The van der Waals surface area contributed by atoms with E-state index < -0.39 is 17.4 Å². The molecule has 174 valence electrons. The Hall–Kier alpha value is -4.12. The molecule has 5 heterocycles. The fraction of sp³-hybridized carbons (Fsp3) is 0.304. The van der Waals surface area contributed by atoms with Gasteiger partial charge in [0.2, 0.25) is 0 Å². The molecule has 0 radical (unpaired) electrons. The lowest BCUT2D eigenvalue weighted by atomic mass is 10.0. The first-order chi connectivity index (χ1) is 16.3. The number of nitrogens with two attached hydrogens (primary N) is 1. The van der Waals surface area contributed by atoms with Crippen molar-refractivity contribution in [3.8, 4) is 11.3 Å². The first-order valence-electron chi connectivity index (χ1n) is 11.0. The Kier molecular flexibility index (Phi) is 5.33. The van der Waals surface area contributed by atoms with Crippen molar-refractivity contribution in [1.82, 2.24) is 29.4 Å². The van der Waals surface area contributed by atoms with Gasteiger partial charge in [-0.2, -0.15) is 0 Å². The summed E-state index contributed by atoms with van der Waals surface area (Å²) in [6, 6.07) is 6.78. The highest BCUT2D eigenvalue weighted by Gasteiger charge is 2.28. The highest BCUT2D eigenvalue weighted by atomic mass is 16.3. The van der Waals surface area contributed by atoms with Crippen molar-refractivity contribution >= 4 is 33.7 Å². The van der Waals surface area contributed by atoms with E-state index in [-0.39, 0.29) is 17.3 Å². The number of carbonyl (C=O) groups excluding carboxylic acids is 1. The quantitative estimate of drug-likeness (QED) is 0.378. The Balaban J connectivity index is 1.66. The number of aromatic nitrogens is 5. The summed E-state index contributed by atoms with van der Waals surface area (Å²) in [5.74, 6) is 0.0487. The second kappa shape index (κ2) is 8.34. The molecule has 34 heavy (non-hydrogen) atoms. The monoisotopic (exact) mass is 461 g/mol. The Morgan fingerprint density at radius 3 is 2.59 bits per heavy atom. The highest BCUT2D eigenvalue weighted by molar-refractivity contribution is 6.01. The molecule has 0 aromatic carbocycles. The lowest BCUT2D eigenvalue weighted by Crippen LogP contribution is -2.45. The first-order valence-corrected chi connectivity index (χ1v) is 11.0. The lowest BCUT2D eigenvalue weighted by Gasteiger charge is -2.34. The molecule has 0 bridgehead atoms. The molecule has 1 aliphatic rings. The van der Waals surface area contributed by atoms with E-state index in [1.807, 2.05) is 0 Å². The number of aliphatic hydroxyl groups excluding tert-OH is 1. The van der Waals surface area contributed by atoms with Gasteiger partial charge in [-0.25, -0.2) is 14.8 Å². The van der Waals surface area contributed by atoms with Gasteiger partial charge in [-0.15, -0.1) is 0 Å². The van der Waals surface area contributed by atoms with Gasteiger partial charge in [-0.1, -0.05) is 0 Å². The van der Waals surface area contributed by atoms with Gasteiger partial charge in [0.25, 0.3) is 11.5 Å². The van der Waals surface area contributed by atoms with Gasteiger partial charge in [-0.3, -0.25) is 24.1 Å². The number of anilines is 1. The predicted molar refractivity (Wildman–Crippen MR) is 126 cm³/mol. The summed E-state index contributed by atoms with van der Waals surface area (Å²) in [6.45, 7) is 2.22. The molecule has 5 rings (SSSR count). The van der Waals surface area contributed by atoms with Crippen LogP contribution >= 0.6 is 0 Å². The van der Waals surface area contributed by atoms with E-state index in [4.69, 9.17) is 10.7 Å². The van der Waals surface area contributed by atoms with Crippen molar-refractivity contribution in [2.75, 3.05) is 18.8 Å². The first kappa shape index (κ1) is 21.7. The van der Waals surface area contributed by atoms with Gasteiger partial charge in [0.15, 0.2) is 0 Å². The van der Waals surface area contributed by atoms with Crippen molar-refractivity contribution in [2.24, 2.45) is 0 Å². The number of hydrogen-bond acceptors (Lipinski definition) is 8. The number of rotatable bonds is 3. The van der Waals surface area contributed by atoms with Crippen molar-refractivity contribution in [1.29, 1.82) is 0 Å². The fourth-order valence-electron chi connectivity index (χ4n) is 4.46. The van der Waals surface area contributed by atoms with E-state index in [9.17, 15) is 19.5 Å².